The van der Waals surface area contributed by atoms with E-state index >= 15 is 0 Å². The number of carbonyl (C=O) groups is 1. The van der Waals surface area contributed by atoms with Gasteiger partial charge in [0.25, 0.3) is 0 Å². The van der Waals surface area contributed by atoms with Crippen molar-refractivity contribution in [1.29, 1.82) is 0 Å². The van der Waals surface area contributed by atoms with Crippen LogP contribution in [0.15, 0.2) is 53.7 Å². The van der Waals surface area contributed by atoms with Crippen LogP contribution in [-0.4, -0.2) is 25.9 Å². The lowest BCUT2D eigenvalue weighted by Crippen LogP contribution is -2.23. The van der Waals surface area contributed by atoms with Crippen LogP contribution in [0.3, 0.4) is 0 Å². The molecular formula is C24H26ClF3N4O2S. The van der Waals surface area contributed by atoms with Gasteiger partial charge >= 0.3 is 6.18 Å². The predicted octanol–water partition coefficient (Wildman–Crippen LogP) is 6.87. The molecule has 1 aromatic heterocycles. The average Bonchev–Trinajstić information content (AvgIpc) is 3.16. The van der Waals surface area contributed by atoms with Crippen LogP contribution in [0.4, 0.5) is 18.9 Å². The van der Waals surface area contributed by atoms with Gasteiger partial charge in [0.2, 0.25) is 5.91 Å². The lowest BCUT2D eigenvalue weighted by molar-refractivity contribution is -0.137. The number of halogens is 4. The Morgan fingerprint density at radius 2 is 1.74 bits per heavy atom. The highest BCUT2D eigenvalue weighted by Crippen LogP contribution is 2.32. The lowest BCUT2D eigenvalue weighted by atomic mass is 10.2. The first-order chi connectivity index (χ1) is 16.5. The summed E-state index contributed by atoms with van der Waals surface area (Å²) in [4.78, 5) is 12.7. The standard InChI is InChI=1S/C24H26ClF3N4O2S/c1-14(2)13-32-21(15(3)34-20-8-6-5-7-19(20)25)30-31-23(32)35-16(4)22(33)29-18-11-9-17(10-12-18)24(26,27)28/h5-12,14-16H,13H2,1-4H3,(H,29,33). The number of alkyl halides is 3. The molecule has 3 aromatic rings. The summed E-state index contributed by atoms with van der Waals surface area (Å²) in [5.74, 6) is 1.03. The summed E-state index contributed by atoms with van der Waals surface area (Å²) in [6, 6.07) is 11.5. The Kier molecular flexibility index (Phi) is 8.71. The predicted molar refractivity (Wildman–Crippen MR) is 131 cm³/mol. The normalized spacial score (nSPS) is 13.5. The minimum absolute atomic E-state index is 0.271. The van der Waals surface area contributed by atoms with E-state index in [0.29, 0.717) is 28.3 Å². The number of hydrogen-bond acceptors (Lipinski definition) is 5. The van der Waals surface area contributed by atoms with E-state index in [1.807, 2.05) is 23.6 Å². The Morgan fingerprint density at radius 3 is 2.34 bits per heavy atom. The molecule has 6 nitrogen and oxygen atoms in total. The number of nitrogens with one attached hydrogen (secondary N) is 1. The minimum atomic E-state index is -4.43. The van der Waals surface area contributed by atoms with Crippen molar-refractivity contribution >= 4 is 35.0 Å². The first-order valence-corrected chi connectivity index (χ1v) is 12.2. The largest absolute Gasteiger partial charge is 0.481 e. The maximum atomic E-state index is 12.8. The highest BCUT2D eigenvalue weighted by Gasteiger charge is 2.30. The maximum absolute atomic E-state index is 12.8. The molecule has 0 saturated carbocycles. The Balaban J connectivity index is 1.73. The van der Waals surface area contributed by atoms with Gasteiger partial charge < -0.3 is 14.6 Å². The monoisotopic (exact) mass is 526 g/mol. The van der Waals surface area contributed by atoms with Gasteiger partial charge in [0.1, 0.15) is 5.75 Å². The maximum Gasteiger partial charge on any atom is 0.416 e. The van der Waals surface area contributed by atoms with Crippen molar-refractivity contribution in [3.63, 3.8) is 0 Å². The van der Waals surface area contributed by atoms with Crippen LogP contribution in [0.2, 0.25) is 5.02 Å². The second-order valence-corrected chi connectivity index (χ2v) is 10.1. The number of carbonyl (C=O) groups excluding carboxylic acids is 1. The van der Waals surface area contributed by atoms with Crippen molar-refractivity contribution in [2.45, 2.75) is 56.9 Å². The SMILES string of the molecule is CC(C)Cn1c(SC(C)C(=O)Nc2ccc(C(F)(F)F)cc2)nnc1C(C)Oc1ccccc1Cl. The molecule has 2 atom stereocenters. The van der Waals surface area contributed by atoms with Gasteiger partial charge in [-0.05, 0) is 56.2 Å². The van der Waals surface area contributed by atoms with E-state index in [2.05, 4.69) is 29.4 Å². The minimum Gasteiger partial charge on any atom is -0.481 e. The zero-order valence-corrected chi connectivity index (χ0v) is 21.2. The third-order valence-electron chi connectivity index (χ3n) is 4.93. The molecule has 0 fully saturated rings. The summed E-state index contributed by atoms with van der Waals surface area (Å²) >= 11 is 7.42. The second kappa shape index (κ2) is 11.3. The van der Waals surface area contributed by atoms with Crippen LogP contribution >= 0.6 is 23.4 Å². The summed E-state index contributed by atoms with van der Waals surface area (Å²) in [6.45, 7) is 8.26. The molecular weight excluding hydrogens is 501 g/mol. The van der Waals surface area contributed by atoms with E-state index in [0.717, 1.165) is 12.1 Å². The van der Waals surface area contributed by atoms with Crippen molar-refractivity contribution in [3.05, 3.63) is 64.9 Å². The molecule has 0 saturated heterocycles. The second-order valence-electron chi connectivity index (χ2n) is 8.36. The Morgan fingerprint density at radius 1 is 1.09 bits per heavy atom. The summed E-state index contributed by atoms with van der Waals surface area (Å²) in [7, 11) is 0. The van der Waals surface area contributed by atoms with Gasteiger partial charge in [-0.1, -0.05) is 49.3 Å². The number of anilines is 1. The summed E-state index contributed by atoms with van der Waals surface area (Å²) in [5.41, 5.74) is -0.498. The molecule has 0 bridgehead atoms. The van der Waals surface area contributed by atoms with Gasteiger partial charge in [-0.2, -0.15) is 13.2 Å². The van der Waals surface area contributed by atoms with Crippen LogP contribution < -0.4 is 10.1 Å². The van der Waals surface area contributed by atoms with E-state index in [4.69, 9.17) is 16.3 Å². The first kappa shape index (κ1) is 26.9. The fourth-order valence-corrected chi connectivity index (χ4v) is 4.25. The third-order valence-corrected chi connectivity index (χ3v) is 6.32. The van der Waals surface area contributed by atoms with E-state index < -0.39 is 23.1 Å². The van der Waals surface area contributed by atoms with Crippen LogP contribution in [0.25, 0.3) is 0 Å². The molecule has 3 rings (SSSR count). The van der Waals surface area contributed by atoms with Gasteiger partial charge in [0.15, 0.2) is 17.1 Å². The van der Waals surface area contributed by atoms with Gasteiger partial charge in [0, 0.05) is 12.2 Å². The number of nitrogens with zero attached hydrogens (tertiary/aromatic N) is 3. The van der Waals surface area contributed by atoms with E-state index in [1.165, 1.54) is 23.9 Å². The molecule has 11 heteroatoms. The van der Waals surface area contributed by atoms with Crippen LogP contribution in [0.1, 0.15) is 45.2 Å². The lowest BCUT2D eigenvalue weighted by Gasteiger charge is -2.19. The molecule has 1 amide bonds. The fourth-order valence-electron chi connectivity index (χ4n) is 3.21. The number of para-hydroxylation sites is 1. The topological polar surface area (TPSA) is 69.0 Å². The molecule has 2 unspecified atom stereocenters. The summed E-state index contributed by atoms with van der Waals surface area (Å²) < 4.78 is 46.2. The van der Waals surface area contributed by atoms with Crippen molar-refractivity contribution in [2.24, 2.45) is 5.92 Å². The molecule has 35 heavy (non-hydrogen) atoms. The number of rotatable bonds is 9. The number of benzene rings is 2. The fraction of sp³-hybridized carbons (Fsp3) is 0.375. The molecule has 0 aliphatic carbocycles. The molecule has 188 valence electrons. The van der Waals surface area contributed by atoms with Crippen molar-refractivity contribution < 1.29 is 22.7 Å². The number of hydrogen-bond donors (Lipinski definition) is 1. The number of ether oxygens (including phenoxy) is 1. The van der Waals surface area contributed by atoms with E-state index in [-0.39, 0.29) is 17.5 Å². The van der Waals surface area contributed by atoms with Gasteiger partial charge in [0.05, 0.1) is 15.8 Å². The number of amides is 1. The molecule has 0 aliphatic rings. The molecule has 2 aromatic carbocycles. The third kappa shape index (κ3) is 7.14. The Bertz CT molecular complexity index is 1150. The van der Waals surface area contributed by atoms with Crippen molar-refractivity contribution in [3.8, 4) is 5.75 Å². The summed E-state index contributed by atoms with van der Waals surface area (Å²) in [5, 5.41) is 11.7. The van der Waals surface area contributed by atoms with Crippen LogP contribution in [0.5, 0.6) is 5.75 Å². The van der Waals surface area contributed by atoms with Crippen LogP contribution in [-0.2, 0) is 17.5 Å². The van der Waals surface area contributed by atoms with E-state index in [9.17, 15) is 18.0 Å². The Hall–Kier alpha value is -2.72. The molecule has 0 radical (unpaired) electrons. The zero-order valence-electron chi connectivity index (χ0n) is 19.6. The highest BCUT2D eigenvalue weighted by molar-refractivity contribution is 8.00. The highest BCUT2D eigenvalue weighted by atomic mass is 35.5. The van der Waals surface area contributed by atoms with Crippen LogP contribution in [0, 0.1) is 5.92 Å². The quantitative estimate of drug-likeness (QED) is 0.308. The summed E-state index contributed by atoms with van der Waals surface area (Å²) in [6.07, 6.45) is -4.89. The smallest absolute Gasteiger partial charge is 0.416 e. The van der Waals surface area contributed by atoms with Gasteiger partial charge in [-0.25, -0.2) is 0 Å². The van der Waals surface area contributed by atoms with E-state index in [1.54, 1.807) is 19.1 Å². The number of thioether (sulfide) groups is 1. The van der Waals surface area contributed by atoms with Crippen molar-refractivity contribution in [2.75, 3.05) is 5.32 Å². The Labute approximate surface area is 211 Å². The molecule has 1 N–H and O–H groups in total. The average molecular weight is 527 g/mol. The molecule has 0 aliphatic heterocycles. The first-order valence-electron chi connectivity index (χ1n) is 10.9. The van der Waals surface area contributed by atoms with Gasteiger partial charge in [-0.15, -0.1) is 10.2 Å². The van der Waals surface area contributed by atoms with Crippen molar-refractivity contribution in [1.82, 2.24) is 14.8 Å². The zero-order chi connectivity index (χ0) is 25.8. The molecule has 1 heterocycles. The number of aromatic nitrogens is 3. The molecule has 0 spiro atoms. The van der Waals surface area contributed by atoms with Gasteiger partial charge in [-0.3, -0.25) is 4.79 Å².